The third kappa shape index (κ3) is 3.61. The summed E-state index contributed by atoms with van der Waals surface area (Å²) in [5.41, 5.74) is 1.70. The van der Waals surface area contributed by atoms with Crippen molar-refractivity contribution in [2.24, 2.45) is 0 Å². The molecule has 0 fully saturated rings. The fourth-order valence-electron chi connectivity index (χ4n) is 1.84. The molecule has 0 aliphatic heterocycles. The van der Waals surface area contributed by atoms with Gasteiger partial charge in [-0.1, -0.05) is 24.3 Å². The molecule has 0 saturated carbocycles. The Balaban J connectivity index is 2.04. The molecule has 0 amide bonds. The lowest BCUT2D eigenvalue weighted by atomic mass is 10.1. The minimum atomic E-state index is -0.280. The highest BCUT2D eigenvalue weighted by Gasteiger charge is 2.08. The van der Waals surface area contributed by atoms with E-state index in [9.17, 15) is 8.78 Å². The van der Waals surface area contributed by atoms with Crippen LogP contribution in [0.4, 0.5) is 8.78 Å². The van der Waals surface area contributed by atoms with Gasteiger partial charge in [0.2, 0.25) is 0 Å². The summed E-state index contributed by atoms with van der Waals surface area (Å²) < 4.78 is 26.9. The molecular weight excluding hydrogens is 312 g/mol. The van der Waals surface area contributed by atoms with Gasteiger partial charge in [-0.3, -0.25) is 0 Å². The summed E-state index contributed by atoms with van der Waals surface area (Å²) in [6.45, 7) is 2.46. The van der Waals surface area contributed by atoms with E-state index >= 15 is 0 Å². The maximum Gasteiger partial charge on any atom is 0.137 e. The van der Waals surface area contributed by atoms with E-state index in [2.05, 4.69) is 21.2 Å². The minimum Gasteiger partial charge on any atom is -0.306 e. The van der Waals surface area contributed by atoms with Crippen LogP contribution in [0.15, 0.2) is 46.9 Å². The second-order valence-electron chi connectivity index (χ2n) is 4.37. The average Bonchev–Trinajstić information content (AvgIpc) is 2.40. The second kappa shape index (κ2) is 6.26. The van der Waals surface area contributed by atoms with Gasteiger partial charge in [0.15, 0.2) is 0 Å². The first-order valence-electron chi connectivity index (χ1n) is 5.99. The van der Waals surface area contributed by atoms with Crippen LogP contribution in [0.25, 0.3) is 0 Å². The molecule has 2 aromatic rings. The molecule has 0 radical (unpaired) electrons. The lowest BCUT2D eigenvalue weighted by Gasteiger charge is -2.15. The first-order chi connectivity index (χ1) is 9.08. The Morgan fingerprint density at radius 2 is 1.89 bits per heavy atom. The highest BCUT2D eigenvalue weighted by molar-refractivity contribution is 9.10. The Labute approximate surface area is 119 Å². The summed E-state index contributed by atoms with van der Waals surface area (Å²) in [5, 5.41) is 3.25. The van der Waals surface area contributed by atoms with Crippen LogP contribution in [0.5, 0.6) is 0 Å². The van der Waals surface area contributed by atoms with Crippen LogP contribution in [0, 0.1) is 11.6 Å². The summed E-state index contributed by atoms with van der Waals surface area (Å²) >= 11 is 3.22. The van der Waals surface area contributed by atoms with E-state index in [0.29, 0.717) is 11.0 Å². The van der Waals surface area contributed by atoms with Gasteiger partial charge in [0, 0.05) is 12.6 Å². The number of hydrogen-bond donors (Lipinski definition) is 1. The van der Waals surface area contributed by atoms with Crippen molar-refractivity contribution < 1.29 is 8.78 Å². The van der Waals surface area contributed by atoms with Crippen molar-refractivity contribution in [3.05, 3.63) is 69.7 Å². The van der Waals surface area contributed by atoms with E-state index in [4.69, 9.17) is 0 Å². The van der Waals surface area contributed by atoms with Crippen LogP contribution in [-0.2, 0) is 6.54 Å². The van der Waals surface area contributed by atoms with Crippen LogP contribution in [0.3, 0.4) is 0 Å². The van der Waals surface area contributed by atoms with Crippen molar-refractivity contribution >= 4 is 15.9 Å². The molecule has 1 atom stereocenters. The Kier molecular flexibility index (Phi) is 4.66. The Morgan fingerprint density at radius 1 is 1.16 bits per heavy atom. The zero-order valence-electron chi connectivity index (χ0n) is 10.5. The van der Waals surface area contributed by atoms with E-state index in [-0.39, 0.29) is 17.7 Å². The van der Waals surface area contributed by atoms with E-state index in [1.54, 1.807) is 12.1 Å². The molecule has 0 unspecified atom stereocenters. The molecule has 0 bridgehead atoms. The molecule has 100 valence electrons. The second-order valence-corrected chi connectivity index (χ2v) is 5.16. The van der Waals surface area contributed by atoms with Gasteiger partial charge in [0.05, 0.1) is 4.47 Å². The fourth-order valence-corrected chi connectivity index (χ4v) is 2.25. The molecule has 0 aliphatic carbocycles. The molecule has 0 heterocycles. The monoisotopic (exact) mass is 325 g/mol. The first kappa shape index (κ1) is 14.2. The number of halogens is 3. The third-order valence-corrected chi connectivity index (χ3v) is 3.87. The number of benzene rings is 2. The number of hydrogen-bond acceptors (Lipinski definition) is 1. The summed E-state index contributed by atoms with van der Waals surface area (Å²) in [6, 6.07) is 11.4. The number of nitrogens with one attached hydrogen (secondary N) is 1. The van der Waals surface area contributed by atoms with E-state index in [0.717, 1.165) is 11.1 Å². The molecule has 0 aromatic heterocycles. The fraction of sp³-hybridized carbons (Fsp3) is 0.200. The summed E-state index contributed by atoms with van der Waals surface area (Å²) in [5.74, 6) is -0.532. The van der Waals surface area contributed by atoms with Gasteiger partial charge >= 0.3 is 0 Å². The molecule has 0 aliphatic rings. The van der Waals surface area contributed by atoms with E-state index in [1.165, 1.54) is 18.2 Å². The maximum absolute atomic E-state index is 13.4. The molecule has 2 aromatic carbocycles. The van der Waals surface area contributed by atoms with Crippen molar-refractivity contribution in [3.8, 4) is 0 Å². The van der Waals surface area contributed by atoms with Crippen molar-refractivity contribution in [2.75, 3.05) is 0 Å². The Bertz CT molecular complexity index is 572. The molecule has 0 saturated heterocycles. The van der Waals surface area contributed by atoms with Crippen molar-refractivity contribution in [1.82, 2.24) is 5.32 Å². The van der Waals surface area contributed by atoms with E-state index < -0.39 is 0 Å². The molecule has 19 heavy (non-hydrogen) atoms. The van der Waals surface area contributed by atoms with Crippen LogP contribution in [-0.4, -0.2) is 0 Å². The van der Waals surface area contributed by atoms with Gasteiger partial charge < -0.3 is 5.32 Å². The van der Waals surface area contributed by atoms with Crippen LogP contribution < -0.4 is 5.32 Å². The molecule has 2 rings (SSSR count). The van der Waals surface area contributed by atoms with Gasteiger partial charge in [0.1, 0.15) is 11.6 Å². The topological polar surface area (TPSA) is 12.0 Å². The zero-order valence-corrected chi connectivity index (χ0v) is 12.0. The molecule has 1 nitrogen and oxygen atoms in total. The molecule has 1 N–H and O–H groups in total. The molecule has 4 heteroatoms. The summed E-state index contributed by atoms with van der Waals surface area (Å²) in [4.78, 5) is 0. The Hall–Kier alpha value is -1.26. The van der Waals surface area contributed by atoms with Crippen molar-refractivity contribution in [3.63, 3.8) is 0 Å². The number of rotatable bonds is 4. The lowest BCUT2D eigenvalue weighted by molar-refractivity contribution is 0.559. The largest absolute Gasteiger partial charge is 0.306 e. The predicted octanol–water partition coefficient (Wildman–Crippen LogP) is 4.58. The molecule has 0 spiro atoms. The van der Waals surface area contributed by atoms with E-state index in [1.807, 2.05) is 19.1 Å². The summed E-state index contributed by atoms with van der Waals surface area (Å²) in [7, 11) is 0. The summed E-state index contributed by atoms with van der Waals surface area (Å²) in [6.07, 6.45) is 0. The quantitative estimate of drug-likeness (QED) is 0.867. The van der Waals surface area contributed by atoms with Crippen LogP contribution in [0.2, 0.25) is 0 Å². The van der Waals surface area contributed by atoms with Gasteiger partial charge in [-0.15, -0.1) is 0 Å². The normalized spacial score (nSPS) is 12.4. The van der Waals surface area contributed by atoms with Crippen molar-refractivity contribution in [1.29, 1.82) is 0 Å². The highest BCUT2D eigenvalue weighted by Crippen LogP contribution is 2.21. The highest BCUT2D eigenvalue weighted by atomic mass is 79.9. The van der Waals surface area contributed by atoms with Crippen LogP contribution >= 0.6 is 15.9 Å². The minimum absolute atomic E-state index is 0.00846. The first-order valence-corrected chi connectivity index (χ1v) is 6.79. The smallest absolute Gasteiger partial charge is 0.137 e. The SMILES string of the molecule is C[C@@H](NCc1cccc(F)c1Br)c1cccc(F)c1. The average molecular weight is 326 g/mol. The standard InChI is InChI=1S/C15H14BrF2N/c1-10(11-4-2-6-13(17)8-11)19-9-12-5-3-7-14(18)15(12)16/h2-8,10,19H,9H2,1H3/t10-/m1/s1. The van der Waals surface area contributed by atoms with Gasteiger partial charge in [-0.2, -0.15) is 0 Å². The third-order valence-electron chi connectivity index (χ3n) is 2.98. The van der Waals surface area contributed by atoms with Gasteiger partial charge in [-0.05, 0) is 52.2 Å². The van der Waals surface area contributed by atoms with Gasteiger partial charge in [-0.25, -0.2) is 8.78 Å². The zero-order chi connectivity index (χ0) is 13.8. The predicted molar refractivity (Wildman–Crippen MR) is 75.8 cm³/mol. The Morgan fingerprint density at radius 3 is 2.63 bits per heavy atom. The van der Waals surface area contributed by atoms with Gasteiger partial charge in [0.25, 0.3) is 0 Å². The van der Waals surface area contributed by atoms with Crippen LogP contribution in [0.1, 0.15) is 24.1 Å². The lowest BCUT2D eigenvalue weighted by Crippen LogP contribution is -2.18. The maximum atomic E-state index is 13.4. The molecular formula is C15H14BrF2N. The van der Waals surface area contributed by atoms with Crippen molar-refractivity contribution in [2.45, 2.75) is 19.5 Å².